The van der Waals surface area contributed by atoms with E-state index in [1.54, 1.807) is 0 Å². The van der Waals surface area contributed by atoms with Crippen LogP contribution in [0.4, 0.5) is 0 Å². The molecule has 1 saturated carbocycles. The van der Waals surface area contributed by atoms with Gasteiger partial charge in [-0.15, -0.1) is 11.8 Å². The van der Waals surface area contributed by atoms with E-state index in [1.165, 1.54) is 12.8 Å². The van der Waals surface area contributed by atoms with E-state index in [4.69, 9.17) is 0 Å². The van der Waals surface area contributed by atoms with Crippen LogP contribution in [0.2, 0.25) is 0 Å². The van der Waals surface area contributed by atoms with Gasteiger partial charge >= 0.3 is 0 Å². The summed E-state index contributed by atoms with van der Waals surface area (Å²) in [5.74, 6) is 0. The molecule has 0 N–H and O–H groups in total. The van der Waals surface area contributed by atoms with E-state index < -0.39 is 0 Å². The fraction of sp³-hybridized carbons (Fsp3) is 1.00. The van der Waals surface area contributed by atoms with Crippen LogP contribution in [-0.2, 0) is 0 Å². The zero-order chi connectivity index (χ0) is 8.28. The molecule has 11 heavy (non-hydrogen) atoms. The molecule has 1 aliphatic heterocycles. The molecule has 0 aromatic rings. The number of rotatable bonds is 0. The number of hydrogen-bond donors (Lipinski definition) is 0. The average molecular weight is 430 g/mol. The maximum absolute atomic E-state index is 3.81. The topological polar surface area (TPSA) is 0 Å². The number of halogens is 4. The Kier molecular flexibility index (Phi) is 2.57. The van der Waals surface area contributed by atoms with Gasteiger partial charge in [0.25, 0.3) is 0 Å². The molecule has 1 saturated heterocycles. The Morgan fingerprint density at radius 1 is 1.00 bits per heavy atom. The van der Waals surface area contributed by atoms with Gasteiger partial charge in [-0.2, -0.15) is 0 Å². The normalized spacial score (nSPS) is 62.2. The summed E-state index contributed by atoms with van der Waals surface area (Å²) in [5, 5.41) is 0. The highest BCUT2D eigenvalue weighted by molar-refractivity contribution is 9.17. The van der Waals surface area contributed by atoms with E-state index in [1.807, 2.05) is 11.8 Å². The van der Waals surface area contributed by atoms with Crippen molar-refractivity contribution in [2.75, 3.05) is 0 Å². The molecule has 2 aliphatic rings. The predicted molar refractivity (Wildman–Crippen MR) is 65.6 cm³/mol. The lowest BCUT2D eigenvalue weighted by Crippen LogP contribution is -2.56. The lowest BCUT2D eigenvalue weighted by atomic mass is 9.76. The summed E-state index contributed by atoms with van der Waals surface area (Å²) in [4.78, 5) is 0. The Morgan fingerprint density at radius 2 is 1.36 bits per heavy atom. The molecule has 0 bridgehead atoms. The maximum Gasteiger partial charge on any atom is 0.0779 e. The fourth-order valence-electron chi connectivity index (χ4n) is 1.53. The largest absolute Gasteiger partial charge is 0.129 e. The van der Waals surface area contributed by atoms with Crippen molar-refractivity contribution in [3.8, 4) is 0 Å². The second-order valence-electron chi connectivity index (χ2n) is 2.99. The minimum atomic E-state index is 0.263. The van der Waals surface area contributed by atoms with Crippen molar-refractivity contribution in [3.63, 3.8) is 0 Å². The summed E-state index contributed by atoms with van der Waals surface area (Å²) in [6.07, 6.45) is 2.51. The zero-order valence-corrected chi connectivity index (χ0v) is 12.6. The van der Waals surface area contributed by atoms with Crippen LogP contribution >= 0.6 is 75.5 Å². The number of hydrogen-bond acceptors (Lipinski definition) is 1. The second kappa shape index (κ2) is 2.88. The third kappa shape index (κ3) is 1.10. The first-order chi connectivity index (χ1) is 5.01. The lowest BCUT2D eigenvalue weighted by molar-refractivity contribution is 0.329. The van der Waals surface area contributed by atoms with E-state index in [0.29, 0.717) is 8.32 Å². The van der Waals surface area contributed by atoms with Crippen LogP contribution in [0.1, 0.15) is 12.8 Å². The van der Waals surface area contributed by atoms with Gasteiger partial charge in [0, 0.05) is 0 Å². The van der Waals surface area contributed by atoms with E-state index in [2.05, 4.69) is 63.7 Å². The molecule has 0 aromatic heterocycles. The summed E-state index contributed by atoms with van der Waals surface area (Å²) < 4.78 is 1.57. The first kappa shape index (κ1) is 9.81. The molecule has 1 heterocycles. The summed E-state index contributed by atoms with van der Waals surface area (Å²) in [7, 11) is 0. The standard InChI is InChI=1S/C6H6Br4S/c7-3-5(9)1-2-6(5,10)4(8)11-3/h3-4H,1-2H2. The van der Waals surface area contributed by atoms with Crippen molar-refractivity contribution in [3.05, 3.63) is 0 Å². The fourth-order valence-corrected chi connectivity index (χ4v) is 9.08. The molecule has 4 unspecified atom stereocenters. The van der Waals surface area contributed by atoms with Crippen LogP contribution in [-0.4, -0.2) is 17.0 Å². The summed E-state index contributed by atoms with van der Waals surface area (Å²) in [5.41, 5.74) is 0. The summed E-state index contributed by atoms with van der Waals surface area (Å²) >= 11 is 16.9. The smallest absolute Gasteiger partial charge is 0.0779 e. The van der Waals surface area contributed by atoms with E-state index >= 15 is 0 Å². The Morgan fingerprint density at radius 3 is 1.55 bits per heavy atom. The molecule has 0 nitrogen and oxygen atoms in total. The highest BCUT2D eigenvalue weighted by Crippen LogP contribution is 2.70. The first-order valence-electron chi connectivity index (χ1n) is 3.32. The third-order valence-corrected chi connectivity index (χ3v) is 12.1. The highest BCUT2D eigenvalue weighted by atomic mass is 79.9. The molecule has 4 atom stereocenters. The van der Waals surface area contributed by atoms with Gasteiger partial charge in [-0.3, -0.25) is 0 Å². The lowest BCUT2D eigenvalue weighted by Gasteiger charge is -2.49. The van der Waals surface area contributed by atoms with Gasteiger partial charge in [-0.05, 0) is 12.8 Å². The van der Waals surface area contributed by atoms with E-state index in [-0.39, 0.29) is 8.65 Å². The van der Waals surface area contributed by atoms with Crippen LogP contribution in [0.15, 0.2) is 0 Å². The third-order valence-electron chi connectivity index (χ3n) is 2.50. The Bertz CT molecular complexity index is 179. The molecule has 2 fully saturated rings. The number of fused-ring (bicyclic) bond motifs is 1. The molecule has 0 spiro atoms. The molecule has 0 aromatic carbocycles. The van der Waals surface area contributed by atoms with Crippen molar-refractivity contribution in [1.82, 2.24) is 0 Å². The Labute approximate surface area is 104 Å². The molecule has 2 rings (SSSR count). The first-order valence-corrected chi connectivity index (χ1v) is 7.68. The molecule has 1 aliphatic carbocycles. The Hall–Kier alpha value is 2.27. The van der Waals surface area contributed by atoms with Crippen molar-refractivity contribution < 1.29 is 0 Å². The average Bonchev–Trinajstić information content (AvgIpc) is 2.05. The summed E-state index contributed by atoms with van der Waals surface area (Å²) in [6.45, 7) is 0. The quantitative estimate of drug-likeness (QED) is 0.519. The number of thioether (sulfide) groups is 1. The van der Waals surface area contributed by atoms with Crippen LogP contribution in [0, 0.1) is 0 Å². The maximum atomic E-state index is 3.81. The van der Waals surface area contributed by atoms with Gasteiger partial charge in [-0.1, -0.05) is 63.7 Å². The minimum Gasteiger partial charge on any atom is -0.129 e. The van der Waals surface area contributed by atoms with Gasteiger partial charge in [0.05, 0.1) is 17.0 Å². The second-order valence-corrected chi connectivity index (χ2v) is 10.1. The molecular weight excluding hydrogens is 424 g/mol. The van der Waals surface area contributed by atoms with Crippen LogP contribution in [0.3, 0.4) is 0 Å². The number of alkyl halides is 4. The van der Waals surface area contributed by atoms with Crippen LogP contribution in [0.5, 0.6) is 0 Å². The summed E-state index contributed by atoms with van der Waals surface area (Å²) in [6, 6.07) is 0. The monoisotopic (exact) mass is 426 g/mol. The van der Waals surface area contributed by atoms with Crippen molar-refractivity contribution in [1.29, 1.82) is 0 Å². The van der Waals surface area contributed by atoms with Crippen molar-refractivity contribution in [2.45, 2.75) is 29.8 Å². The molecular formula is C6H6Br4S. The van der Waals surface area contributed by atoms with Gasteiger partial charge < -0.3 is 0 Å². The van der Waals surface area contributed by atoms with Gasteiger partial charge in [0.1, 0.15) is 0 Å². The van der Waals surface area contributed by atoms with E-state index in [0.717, 1.165) is 0 Å². The SMILES string of the molecule is BrC1SC(Br)C2(Br)CCC12Br. The molecule has 0 radical (unpaired) electrons. The van der Waals surface area contributed by atoms with Crippen LogP contribution < -0.4 is 0 Å². The molecule has 0 amide bonds. The van der Waals surface area contributed by atoms with Crippen molar-refractivity contribution in [2.24, 2.45) is 0 Å². The molecule has 64 valence electrons. The van der Waals surface area contributed by atoms with Crippen molar-refractivity contribution >= 4 is 75.5 Å². The van der Waals surface area contributed by atoms with Gasteiger partial charge in [0.15, 0.2) is 0 Å². The van der Waals surface area contributed by atoms with E-state index in [9.17, 15) is 0 Å². The zero-order valence-electron chi connectivity index (χ0n) is 5.49. The van der Waals surface area contributed by atoms with Gasteiger partial charge in [-0.25, -0.2) is 0 Å². The Balaban J connectivity index is 2.33. The highest BCUT2D eigenvalue weighted by Gasteiger charge is 2.68. The van der Waals surface area contributed by atoms with Crippen LogP contribution in [0.25, 0.3) is 0 Å². The minimum absolute atomic E-state index is 0.263. The predicted octanol–water partition coefficient (Wildman–Crippen LogP) is 4.24. The molecule has 5 heteroatoms. The van der Waals surface area contributed by atoms with Gasteiger partial charge in [0.2, 0.25) is 0 Å².